The summed E-state index contributed by atoms with van der Waals surface area (Å²) in [6, 6.07) is -0.539. The van der Waals surface area contributed by atoms with Crippen molar-refractivity contribution in [1.82, 2.24) is 5.32 Å². The third-order valence-electron chi connectivity index (χ3n) is 3.50. The Labute approximate surface area is 101 Å². The number of carbonyl (C=O) groups is 2. The molecule has 0 heterocycles. The van der Waals surface area contributed by atoms with Crippen LogP contribution in [-0.2, 0) is 9.53 Å². The van der Waals surface area contributed by atoms with Crippen molar-refractivity contribution in [2.24, 2.45) is 11.3 Å². The molecule has 2 N–H and O–H groups in total. The topological polar surface area (TPSA) is 75.6 Å². The lowest BCUT2D eigenvalue weighted by molar-refractivity contribution is -0.152. The Morgan fingerprint density at radius 3 is 2.76 bits per heavy atom. The van der Waals surface area contributed by atoms with Gasteiger partial charge in [0.2, 0.25) is 0 Å². The van der Waals surface area contributed by atoms with E-state index in [0.29, 0.717) is 6.42 Å². The lowest BCUT2D eigenvalue weighted by Gasteiger charge is -2.39. The number of carbonyl (C=O) groups excluding carboxylic acids is 1. The van der Waals surface area contributed by atoms with Crippen molar-refractivity contribution < 1.29 is 19.4 Å². The Morgan fingerprint density at radius 1 is 1.59 bits per heavy atom. The van der Waals surface area contributed by atoms with Gasteiger partial charge in [0, 0.05) is 0 Å². The van der Waals surface area contributed by atoms with Crippen LogP contribution in [0.2, 0.25) is 0 Å². The average Bonchev–Trinajstić information content (AvgIpc) is 2.25. The van der Waals surface area contributed by atoms with E-state index in [1.807, 2.05) is 13.0 Å². The van der Waals surface area contributed by atoms with Crippen molar-refractivity contribution in [1.29, 1.82) is 0 Å². The fourth-order valence-corrected chi connectivity index (χ4v) is 2.01. The van der Waals surface area contributed by atoms with E-state index in [4.69, 9.17) is 4.74 Å². The van der Waals surface area contributed by atoms with E-state index < -0.39 is 23.5 Å². The Morgan fingerprint density at radius 2 is 2.24 bits per heavy atom. The smallest absolute Gasteiger partial charge is 0.407 e. The summed E-state index contributed by atoms with van der Waals surface area (Å²) in [6.07, 6.45) is 3.74. The quantitative estimate of drug-likeness (QED) is 0.738. The molecule has 5 nitrogen and oxygen atoms in total. The number of carboxylic acid groups (broad SMARTS) is 1. The second-order valence-electron chi connectivity index (χ2n) is 4.50. The average molecular weight is 241 g/mol. The minimum Gasteiger partial charge on any atom is -0.481 e. The number of alkyl carbamates (subject to hydrolysis) is 1. The second kappa shape index (κ2) is 5.21. The third kappa shape index (κ3) is 2.60. The second-order valence-corrected chi connectivity index (χ2v) is 4.50. The first-order valence-corrected chi connectivity index (χ1v) is 5.76. The summed E-state index contributed by atoms with van der Waals surface area (Å²) in [7, 11) is 0. The molecule has 0 fully saturated rings. The summed E-state index contributed by atoms with van der Waals surface area (Å²) >= 11 is 0. The van der Waals surface area contributed by atoms with Crippen LogP contribution in [0.1, 0.15) is 27.2 Å². The van der Waals surface area contributed by atoms with Crippen molar-refractivity contribution in [2.45, 2.75) is 33.2 Å². The normalized spacial score (nSPS) is 31.9. The van der Waals surface area contributed by atoms with Crippen LogP contribution in [0.3, 0.4) is 0 Å². The molecule has 17 heavy (non-hydrogen) atoms. The predicted octanol–water partition coefficient (Wildman–Crippen LogP) is 1.79. The summed E-state index contributed by atoms with van der Waals surface area (Å²) in [5, 5.41) is 11.9. The van der Waals surface area contributed by atoms with Gasteiger partial charge in [0.05, 0.1) is 18.1 Å². The van der Waals surface area contributed by atoms with E-state index in [9.17, 15) is 14.7 Å². The molecule has 0 aromatic rings. The maximum absolute atomic E-state index is 11.4. The Balaban J connectivity index is 2.87. The molecule has 0 spiro atoms. The van der Waals surface area contributed by atoms with Crippen LogP contribution in [0.5, 0.6) is 0 Å². The largest absolute Gasteiger partial charge is 0.481 e. The number of hydrogen-bond donors (Lipinski definition) is 2. The first-order chi connectivity index (χ1) is 7.92. The Hall–Kier alpha value is -1.52. The molecule has 0 bridgehead atoms. The first-order valence-electron chi connectivity index (χ1n) is 5.76. The molecule has 0 aliphatic heterocycles. The van der Waals surface area contributed by atoms with Crippen LogP contribution in [0.15, 0.2) is 12.2 Å². The molecule has 1 rings (SSSR count). The summed E-state index contributed by atoms with van der Waals surface area (Å²) < 4.78 is 4.78. The number of carboxylic acids is 1. The summed E-state index contributed by atoms with van der Waals surface area (Å²) in [5.74, 6) is -0.951. The molecule has 96 valence electrons. The summed E-state index contributed by atoms with van der Waals surface area (Å²) in [4.78, 5) is 22.8. The molecule has 0 aromatic heterocycles. The zero-order chi connectivity index (χ0) is 13.1. The number of hydrogen-bond acceptors (Lipinski definition) is 3. The van der Waals surface area contributed by atoms with Crippen LogP contribution >= 0.6 is 0 Å². The highest BCUT2D eigenvalue weighted by atomic mass is 16.5. The summed E-state index contributed by atoms with van der Waals surface area (Å²) in [6.45, 7) is 5.49. The van der Waals surface area contributed by atoms with Gasteiger partial charge in [-0.1, -0.05) is 19.1 Å². The van der Waals surface area contributed by atoms with Crippen LogP contribution in [0.25, 0.3) is 0 Å². The fraction of sp³-hybridized carbons (Fsp3) is 0.667. The van der Waals surface area contributed by atoms with Crippen molar-refractivity contribution in [3.8, 4) is 0 Å². The van der Waals surface area contributed by atoms with Crippen molar-refractivity contribution in [3.05, 3.63) is 12.2 Å². The van der Waals surface area contributed by atoms with Gasteiger partial charge in [-0.2, -0.15) is 0 Å². The monoisotopic (exact) mass is 241 g/mol. The lowest BCUT2D eigenvalue weighted by atomic mass is 9.68. The number of allylic oxidation sites excluding steroid dienone is 1. The molecule has 0 saturated heterocycles. The number of nitrogens with one attached hydrogen (secondary N) is 1. The van der Waals surface area contributed by atoms with Crippen molar-refractivity contribution in [3.63, 3.8) is 0 Å². The van der Waals surface area contributed by atoms with E-state index in [2.05, 4.69) is 5.32 Å². The van der Waals surface area contributed by atoms with Gasteiger partial charge in [-0.25, -0.2) is 4.79 Å². The van der Waals surface area contributed by atoms with Crippen molar-refractivity contribution >= 4 is 12.1 Å². The van der Waals surface area contributed by atoms with Gasteiger partial charge >= 0.3 is 12.1 Å². The predicted molar refractivity (Wildman–Crippen MR) is 62.6 cm³/mol. The lowest BCUT2D eigenvalue weighted by Crippen LogP contribution is -2.54. The number of aliphatic carboxylic acids is 1. The Kier molecular flexibility index (Phi) is 4.15. The van der Waals surface area contributed by atoms with Crippen LogP contribution < -0.4 is 5.32 Å². The molecule has 3 unspecified atom stereocenters. The maximum atomic E-state index is 11.4. The van der Waals surface area contributed by atoms with Crippen molar-refractivity contribution in [2.75, 3.05) is 6.61 Å². The van der Waals surface area contributed by atoms with Crippen LogP contribution in [-0.4, -0.2) is 29.8 Å². The molecule has 1 amide bonds. The zero-order valence-corrected chi connectivity index (χ0v) is 10.4. The molecular formula is C12H19NO4. The summed E-state index contributed by atoms with van der Waals surface area (Å²) in [5.41, 5.74) is -0.999. The molecule has 5 heteroatoms. The molecule has 1 aliphatic carbocycles. The van der Waals surface area contributed by atoms with E-state index in [1.165, 1.54) is 0 Å². The number of amides is 1. The van der Waals surface area contributed by atoms with E-state index in [1.54, 1.807) is 19.9 Å². The van der Waals surface area contributed by atoms with Gasteiger partial charge in [0.15, 0.2) is 0 Å². The minimum atomic E-state index is -0.999. The molecule has 3 atom stereocenters. The van der Waals surface area contributed by atoms with Gasteiger partial charge in [0.1, 0.15) is 0 Å². The van der Waals surface area contributed by atoms with Crippen LogP contribution in [0.4, 0.5) is 4.79 Å². The number of ether oxygens (including phenoxy) is 1. The Bertz CT molecular complexity index is 339. The minimum absolute atomic E-state index is 0.0445. The molecule has 0 aromatic carbocycles. The zero-order valence-electron chi connectivity index (χ0n) is 10.4. The highest BCUT2D eigenvalue weighted by Gasteiger charge is 2.47. The van der Waals surface area contributed by atoms with E-state index >= 15 is 0 Å². The van der Waals surface area contributed by atoms with Crippen LogP contribution in [0, 0.1) is 11.3 Å². The van der Waals surface area contributed by atoms with Gasteiger partial charge in [-0.3, -0.25) is 4.79 Å². The van der Waals surface area contributed by atoms with Gasteiger partial charge < -0.3 is 15.2 Å². The van der Waals surface area contributed by atoms with Gasteiger partial charge in [-0.05, 0) is 26.2 Å². The molecule has 0 radical (unpaired) electrons. The molecule has 0 saturated carbocycles. The number of rotatable bonds is 3. The SMILES string of the molecule is CCOC(=O)NC1C=CCC(C)C1(C)C(=O)O. The highest BCUT2D eigenvalue weighted by Crippen LogP contribution is 2.38. The molecular weight excluding hydrogens is 222 g/mol. The third-order valence-corrected chi connectivity index (χ3v) is 3.50. The standard InChI is InChI=1S/C12H19NO4/c1-4-17-11(16)13-9-7-5-6-8(2)12(9,3)10(14)15/h5,7-9H,4,6H2,1-3H3,(H,13,16)(H,14,15). The van der Waals surface area contributed by atoms with Gasteiger partial charge in [0.25, 0.3) is 0 Å². The van der Waals surface area contributed by atoms with Gasteiger partial charge in [-0.15, -0.1) is 0 Å². The fourth-order valence-electron chi connectivity index (χ4n) is 2.01. The first kappa shape index (κ1) is 13.5. The highest BCUT2D eigenvalue weighted by molar-refractivity contribution is 5.78. The van der Waals surface area contributed by atoms with E-state index in [-0.39, 0.29) is 12.5 Å². The van der Waals surface area contributed by atoms with E-state index in [0.717, 1.165) is 0 Å². The molecule has 1 aliphatic rings. The maximum Gasteiger partial charge on any atom is 0.407 e.